The minimum Gasteiger partial charge on any atom is -0.497 e. The summed E-state index contributed by atoms with van der Waals surface area (Å²) in [6.45, 7) is 1.86. The van der Waals surface area contributed by atoms with E-state index in [4.69, 9.17) is 9.47 Å². The minimum atomic E-state index is -0.0645. The highest BCUT2D eigenvalue weighted by Gasteiger charge is 2.25. The first kappa shape index (κ1) is 16.5. The van der Waals surface area contributed by atoms with Crippen molar-refractivity contribution in [3.63, 3.8) is 0 Å². The highest BCUT2D eigenvalue weighted by atomic mass is 16.5. The van der Waals surface area contributed by atoms with Gasteiger partial charge in [-0.2, -0.15) is 0 Å². The average molecular weight is 325 g/mol. The number of amides is 1. The van der Waals surface area contributed by atoms with Gasteiger partial charge >= 0.3 is 0 Å². The van der Waals surface area contributed by atoms with Crippen LogP contribution in [0.1, 0.15) is 23.7 Å². The molecule has 4 nitrogen and oxygen atoms in total. The van der Waals surface area contributed by atoms with E-state index < -0.39 is 0 Å². The van der Waals surface area contributed by atoms with E-state index in [1.54, 1.807) is 7.11 Å². The van der Waals surface area contributed by atoms with Gasteiger partial charge < -0.3 is 14.4 Å². The highest BCUT2D eigenvalue weighted by molar-refractivity contribution is 5.76. The van der Waals surface area contributed by atoms with Crippen LogP contribution < -0.4 is 4.74 Å². The predicted molar refractivity (Wildman–Crippen MR) is 93.0 cm³/mol. The number of hydrogen-bond donors (Lipinski definition) is 0. The van der Waals surface area contributed by atoms with Crippen LogP contribution in [0.3, 0.4) is 0 Å². The SMILES string of the molecule is COc1ccc(C2CN(C(=O)CCc3ccccc3)CCO2)cc1. The maximum Gasteiger partial charge on any atom is 0.223 e. The number of rotatable bonds is 5. The fraction of sp³-hybridized carbons (Fsp3) is 0.350. The Bertz CT molecular complexity index is 654. The van der Waals surface area contributed by atoms with Gasteiger partial charge in [0.05, 0.1) is 20.3 Å². The van der Waals surface area contributed by atoms with Gasteiger partial charge in [-0.1, -0.05) is 42.5 Å². The quantitative estimate of drug-likeness (QED) is 0.847. The number of carbonyl (C=O) groups excluding carboxylic acids is 1. The van der Waals surface area contributed by atoms with Crippen LogP contribution in [0, 0.1) is 0 Å². The molecule has 2 aromatic rings. The molecule has 1 saturated heterocycles. The number of hydrogen-bond acceptors (Lipinski definition) is 3. The van der Waals surface area contributed by atoms with Gasteiger partial charge in [-0.25, -0.2) is 0 Å². The molecule has 3 rings (SSSR count). The molecule has 1 aliphatic heterocycles. The Hall–Kier alpha value is -2.33. The molecule has 24 heavy (non-hydrogen) atoms. The Morgan fingerprint density at radius 3 is 2.62 bits per heavy atom. The number of nitrogens with zero attached hydrogens (tertiary/aromatic N) is 1. The van der Waals surface area contributed by atoms with E-state index in [9.17, 15) is 4.79 Å². The van der Waals surface area contributed by atoms with Crippen molar-refractivity contribution in [1.29, 1.82) is 0 Å². The zero-order chi connectivity index (χ0) is 16.8. The van der Waals surface area contributed by atoms with Crippen molar-refractivity contribution in [3.8, 4) is 5.75 Å². The summed E-state index contributed by atoms with van der Waals surface area (Å²) in [4.78, 5) is 14.4. The third-order valence-electron chi connectivity index (χ3n) is 4.38. The lowest BCUT2D eigenvalue weighted by Crippen LogP contribution is -2.42. The van der Waals surface area contributed by atoms with Crippen molar-refractivity contribution in [2.45, 2.75) is 18.9 Å². The van der Waals surface area contributed by atoms with Crippen molar-refractivity contribution in [3.05, 3.63) is 65.7 Å². The predicted octanol–water partition coefficient (Wildman–Crippen LogP) is 3.23. The van der Waals surface area contributed by atoms with Gasteiger partial charge in [0.2, 0.25) is 5.91 Å². The van der Waals surface area contributed by atoms with Crippen LogP contribution in [-0.4, -0.2) is 37.6 Å². The Balaban J connectivity index is 1.57. The second kappa shape index (κ2) is 7.97. The van der Waals surface area contributed by atoms with Crippen molar-refractivity contribution in [2.24, 2.45) is 0 Å². The molecule has 0 saturated carbocycles. The van der Waals surface area contributed by atoms with Crippen molar-refractivity contribution in [2.75, 3.05) is 26.8 Å². The number of benzene rings is 2. The topological polar surface area (TPSA) is 38.8 Å². The molecule has 4 heteroatoms. The summed E-state index contributed by atoms with van der Waals surface area (Å²) in [5.41, 5.74) is 2.28. The fourth-order valence-corrected chi connectivity index (χ4v) is 2.95. The standard InChI is InChI=1S/C20H23NO3/c1-23-18-10-8-17(9-11-18)19-15-21(13-14-24-19)20(22)12-7-16-5-3-2-4-6-16/h2-6,8-11,19H,7,12-15H2,1H3. The van der Waals surface area contributed by atoms with Crippen LogP contribution in [0.5, 0.6) is 5.75 Å². The first-order valence-electron chi connectivity index (χ1n) is 8.33. The third-order valence-corrected chi connectivity index (χ3v) is 4.38. The van der Waals surface area contributed by atoms with E-state index in [0.717, 1.165) is 17.7 Å². The molecular formula is C20H23NO3. The van der Waals surface area contributed by atoms with Crippen LogP contribution in [0.2, 0.25) is 0 Å². The van der Waals surface area contributed by atoms with E-state index in [2.05, 4.69) is 12.1 Å². The zero-order valence-corrected chi connectivity index (χ0v) is 14.0. The Morgan fingerprint density at radius 2 is 1.92 bits per heavy atom. The van der Waals surface area contributed by atoms with Gasteiger partial charge in [-0.05, 0) is 29.7 Å². The van der Waals surface area contributed by atoms with Crippen molar-refractivity contribution < 1.29 is 14.3 Å². The lowest BCUT2D eigenvalue weighted by molar-refractivity contribution is -0.139. The Morgan fingerprint density at radius 1 is 1.17 bits per heavy atom. The number of methoxy groups -OCH3 is 1. The molecule has 0 aromatic heterocycles. The molecule has 1 fully saturated rings. The van der Waals surface area contributed by atoms with Crippen molar-refractivity contribution >= 4 is 5.91 Å². The molecule has 1 amide bonds. The molecule has 2 aromatic carbocycles. The van der Waals surface area contributed by atoms with Gasteiger partial charge in [-0.3, -0.25) is 4.79 Å². The summed E-state index contributed by atoms with van der Waals surface area (Å²) >= 11 is 0. The average Bonchev–Trinajstić information content (AvgIpc) is 2.67. The maximum absolute atomic E-state index is 12.5. The molecule has 0 aliphatic carbocycles. The van der Waals surface area contributed by atoms with Gasteiger partial charge in [0.15, 0.2) is 0 Å². The molecule has 1 heterocycles. The molecule has 1 atom stereocenters. The first-order valence-corrected chi connectivity index (χ1v) is 8.33. The molecule has 0 bridgehead atoms. The van der Waals surface area contributed by atoms with Gasteiger partial charge in [0, 0.05) is 13.0 Å². The highest BCUT2D eigenvalue weighted by Crippen LogP contribution is 2.24. The molecule has 0 spiro atoms. The molecule has 1 unspecified atom stereocenters. The van der Waals surface area contributed by atoms with Crippen LogP contribution >= 0.6 is 0 Å². The van der Waals surface area contributed by atoms with Gasteiger partial charge in [0.25, 0.3) is 0 Å². The Kier molecular flexibility index (Phi) is 5.49. The lowest BCUT2D eigenvalue weighted by atomic mass is 10.1. The van der Waals surface area contributed by atoms with Gasteiger partial charge in [0.1, 0.15) is 11.9 Å². The smallest absolute Gasteiger partial charge is 0.223 e. The summed E-state index contributed by atoms with van der Waals surface area (Å²) in [5.74, 6) is 1.02. The second-order valence-corrected chi connectivity index (χ2v) is 5.96. The van der Waals surface area contributed by atoms with E-state index in [1.807, 2.05) is 47.4 Å². The van der Waals surface area contributed by atoms with Crippen LogP contribution in [0.4, 0.5) is 0 Å². The Labute approximate surface area is 143 Å². The molecule has 126 valence electrons. The van der Waals surface area contributed by atoms with Crippen LogP contribution in [0.15, 0.2) is 54.6 Å². The normalized spacial score (nSPS) is 17.5. The van der Waals surface area contributed by atoms with Crippen LogP contribution in [0.25, 0.3) is 0 Å². The van der Waals surface area contributed by atoms with E-state index in [1.165, 1.54) is 5.56 Å². The largest absolute Gasteiger partial charge is 0.497 e. The van der Waals surface area contributed by atoms with E-state index in [0.29, 0.717) is 26.1 Å². The summed E-state index contributed by atoms with van der Waals surface area (Å²) in [5, 5.41) is 0. The molecule has 0 N–H and O–H groups in total. The second-order valence-electron chi connectivity index (χ2n) is 5.96. The van der Waals surface area contributed by atoms with E-state index in [-0.39, 0.29) is 12.0 Å². The number of aryl methyl sites for hydroxylation is 1. The summed E-state index contributed by atoms with van der Waals surface area (Å²) in [6, 6.07) is 18.0. The van der Waals surface area contributed by atoms with Crippen molar-refractivity contribution in [1.82, 2.24) is 4.90 Å². The molecule has 0 radical (unpaired) electrons. The summed E-state index contributed by atoms with van der Waals surface area (Å²) < 4.78 is 11.0. The molecule has 1 aliphatic rings. The molecular weight excluding hydrogens is 302 g/mol. The monoisotopic (exact) mass is 325 g/mol. The summed E-state index contributed by atoms with van der Waals surface area (Å²) in [6.07, 6.45) is 1.26. The number of ether oxygens (including phenoxy) is 2. The minimum absolute atomic E-state index is 0.0645. The van der Waals surface area contributed by atoms with Gasteiger partial charge in [-0.15, -0.1) is 0 Å². The number of morpholine rings is 1. The van der Waals surface area contributed by atoms with Crippen LogP contribution in [-0.2, 0) is 16.0 Å². The first-order chi connectivity index (χ1) is 11.8. The maximum atomic E-state index is 12.5. The fourth-order valence-electron chi connectivity index (χ4n) is 2.95. The third kappa shape index (κ3) is 4.15. The summed E-state index contributed by atoms with van der Waals surface area (Å²) in [7, 11) is 1.65. The zero-order valence-electron chi connectivity index (χ0n) is 14.0. The lowest BCUT2D eigenvalue weighted by Gasteiger charge is -2.33. The number of carbonyl (C=O) groups is 1. The van der Waals surface area contributed by atoms with E-state index >= 15 is 0 Å².